The molecule has 0 radical (unpaired) electrons. The summed E-state index contributed by atoms with van der Waals surface area (Å²) in [6, 6.07) is 12.8. The van der Waals surface area contributed by atoms with Crippen molar-refractivity contribution in [1.82, 2.24) is 0 Å². The van der Waals surface area contributed by atoms with E-state index in [2.05, 4.69) is 5.32 Å². The van der Waals surface area contributed by atoms with Crippen LogP contribution in [0, 0.1) is 17.0 Å². The SMILES string of the molecule is COc1cccc(CNc2ccc([N+](=O)[O-])c(C)c2)c1. The number of aryl methyl sites for hydroxylation is 1. The van der Waals surface area contributed by atoms with E-state index in [1.165, 1.54) is 6.07 Å². The number of nitrogens with zero attached hydrogens (tertiary/aromatic N) is 1. The van der Waals surface area contributed by atoms with Crippen molar-refractivity contribution in [2.75, 3.05) is 12.4 Å². The number of ether oxygens (including phenoxy) is 1. The summed E-state index contributed by atoms with van der Waals surface area (Å²) >= 11 is 0. The second-order valence-electron chi connectivity index (χ2n) is 4.46. The van der Waals surface area contributed by atoms with E-state index < -0.39 is 0 Å². The van der Waals surface area contributed by atoms with Gasteiger partial charge in [-0.05, 0) is 36.8 Å². The van der Waals surface area contributed by atoms with Gasteiger partial charge in [0.25, 0.3) is 5.69 Å². The summed E-state index contributed by atoms with van der Waals surface area (Å²) in [4.78, 5) is 10.4. The van der Waals surface area contributed by atoms with E-state index in [9.17, 15) is 10.1 Å². The van der Waals surface area contributed by atoms with Crippen molar-refractivity contribution < 1.29 is 9.66 Å². The molecule has 0 aliphatic heterocycles. The maximum absolute atomic E-state index is 10.8. The van der Waals surface area contributed by atoms with Crippen LogP contribution >= 0.6 is 0 Å². The standard InChI is InChI=1S/C15H16N2O3/c1-11-8-13(6-7-15(11)17(18)19)16-10-12-4-3-5-14(9-12)20-2/h3-9,16H,10H2,1-2H3. The van der Waals surface area contributed by atoms with Crippen LogP contribution in [0.3, 0.4) is 0 Å². The molecule has 0 aliphatic carbocycles. The predicted molar refractivity (Wildman–Crippen MR) is 78.2 cm³/mol. The second-order valence-corrected chi connectivity index (χ2v) is 4.46. The minimum absolute atomic E-state index is 0.136. The molecule has 0 atom stereocenters. The molecule has 5 heteroatoms. The molecule has 20 heavy (non-hydrogen) atoms. The number of methoxy groups -OCH3 is 1. The van der Waals surface area contributed by atoms with Crippen LogP contribution < -0.4 is 10.1 Å². The Morgan fingerprint density at radius 3 is 2.70 bits per heavy atom. The van der Waals surface area contributed by atoms with Crippen LogP contribution in [0.2, 0.25) is 0 Å². The predicted octanol–water partition coefficient (Wildman–Crippen LogP) is 3.52. The summed E-state index contributed by atoms with van der Waals surface area (Å²) in [5, 5.41) is 14.0. The zero-order valence-corrected chi connectivity index (χ0v) is 11.4. The van der Waals surface area contributed by atoms with E-state index >= 15 is 0 Å². The van der Waals surface area contributed by atoms with Gasteiger partial charge in [0.15, 0.2) is 0 Å². The minimum atomic E-state index is -0.374. The molecule has 0 unspecified atom stereocenters. The first-order valence-electron chi connectivity index (χ1n) is 6.22. The van der Waals surface area contributed by atoms with Gasteiger partial charge in [0, 0.05) is 23.9 Å². The lowest BCUT2D eigenvalue weighted by Crippen LogP contribution is -2.00. The van der Waals surface area contributed by atoms with Crippen molar-refractivity contribution in [3.05, 3.63) is 63.7 Å². The summed E-state index contributed by atoms with van der Waals surface area (Å²) in [6.45, 7) is 2.36. The van der Waals surface area contributed by atoms with E-state index in [0.717, 1.165) is 17.0 Å². The smallest absolute Gasteiger partial charge is 0.272 e. The second kappa shape index (κ2) is 6.06. The van der Waals surface area contributed by atoms with Gasteiger partial charge < -0.3 is 10.1 Å². The topological polar surface area (TPSA) is 64.4 Å². The van der Waals surface area contributed by atoms with Crippen molar-refractivity contribution in [2.24, 2.45) is 0 Å². The zero-order valence-electron chi connectivity index (χ0n) is 11.4. The highest BCUT2D eigenvalue weighted by atomic mass is 16.6. The molecule has 0 saturated heterocycles. The Kier molecular flexibility index (Phi) is 4.20. The number of anilines is 1. The number of benzene rings is 2. The van der Waals surface area contributed by atoms with E-state index in [1.54, 1.807) is 26.2 Å². The van der Waals surface area contributed by atoms with Crippen molar-refractivity contribution in [3.8, 4) is 5.75 Å². The first kappa shape index (κ1) is 13.9. The molecule has 2 rings (SSSR count). The minimum Gasteiger partial charge on any atom is -0.497 e. The van der Waals surface area contributed by atoms with E-state index in [1.807, 2.05) is 24.3 Å². The van der Waals surface area contributed by atoms with Gasteiger partial charge in [0.05, 0.1) is 12.0 Å². The summed E-state index contributed by atoms with van der Waals surface area (Å²) < 4.78 is 5.17. The summed E-state index contributed by atoms with van der Waals surface area (Å²) in [6.07, 6.45) is 0. The van der Waals surface area contributed by atoms with Gasteiger partial charge in [-0.25, -0.2) is 0 Å². The van der Waals surface area contributed by atoms with Crippen molar-refractivity contribution >= 4 is 11.4 Å². The fourth-order valence-corrected chi connectivity index (χ4v) is 1.96. The molecule has 0 heterocycles. The first-order chi connectivity index (χ1) is 9.60. The van der Waals surface area contributed by atoms with Gasteiger partial charge >= 0.3 is 0 Å². The molecule has 2 aromatic rings. The summed E-state index contributed by atoms with van der Waals surface area (Å²) in [5.41, 5.74) is 2.72. The lowest BCUT2D eigenvalue weighted by atomic mass is 10.1. The zero-order chi connectivity index (χ0) is 14.5. The molecule has 0 amide bonds. The Morgan fingerprint density at radius 2 is 2.05 bits per heavy atom. The molecular weight excluding hydrogens is 256 g/mol. The van der Waals surface area contributed by atoms with Crippen LogP contribution in [-0.4, -0.2) is 12.0 Å². The van der Waals surface area contributed by atoms with Crippen molar-refractivity contribution in [2.45, 2.75) is 13.5 Å². The maximum atomic E-state index is 10.8. The van der Waals surface area contributed by atoms with Crippen molar-refractivity contribution in [1.29, 1.82) is 0 Å². The van der Waals surface area contributed by atoms with Gasteiger partial charge in [-0.2, -0.15) is 0 Å². The van der Waals surface area contributed by atoms with Crippen LogP contribution in [0.5, 0.6) is 5.75 Å². The summed E-state index contributed by atoms with van der Waals surface area (Å²) in [7, 11) is 1.63. The van der Waals surface area contributed by atoms with Gasteiger partial charge in [-0.15, -0.1) is 0 Å². The molecule has 0 fully saturated rings. The molecule has 0 aliphatic rings. The van der Waals surface area contributed by atoms with Crippen molar-refractivity contribution in [3.63, 3.8) is 0 Å². The molecule has 104 valence electrons. The summed E-state index contributed by atoms with van der Waals surface area (Å²) in [5.74, 6) is 0.809. The van der Waals surface area contributed by atoms with Crippen LogP contribution in [0.4, 0.5) is 11.4 Å². The highest BCUT2D eigenvalue weighted by Gasteiger charge is 2.09. The van der Waals surface area contributed by atoms with Crippen LogP contribution in [0.1, 0.15) is 11.1 Å². The number of nitro groups is 1. The number of rotatable bonds is 5. The van der Waals surface area contributed by atoms with E-state index in [0.29, 0.717) is 12.1 Å². The third-order valence-corrected chi connectivity index (χ3v) is 3.02. The Bertz CT molecular complexity index is 626. The van der Waals surface area contributed by atoms with Crippen LogP contribution in [0.15, 0.2) is 42.5 Å². The number of nitrogens with one attached hydrogen (secondary N) is 1. The normalized spacial score (nSPS) is 10.1. The number of hydrogen-bond acceptors (Lipinski definition) is 4. The highest BCUT2D eigenvalue weighted by molar-refractivity contribution is 5.53. The quantitative estimate of drug-likeness (QED) is 0.668. The molecule has 0 spiro atoms. The molecule has 0 bridgehead atoms. The highest BCUT2D eigenvalue weighted by Crippen LogP contribution is 2.22. The third-order valence-electron chi connectivity index (χ3n) is 3.02. The van der Waals surface area contributed by atoms with Gasteiger partial charge in [0.1, 0.15) is 5.75 Å². The molecule has 0 saturated carbocycles. The average molecular weight is 272 g/mol. The number of hydrogen-bond donors (Lipinski definition) is 1. The van der Waals surface area contributed by atoms with Crippen LogP contribution in [-0.2, 0) is 6.54 Å². The molecule has 1 N–H and O–H groups in total. The Labute approximate surface area is 117 Å². The molecule has 5 nitrogen and oxygen atoms in total. The van der Waals surface area contributed by atoms with E-state index in [4.69, 9.17) is 4.74 Å². The molecule has 2 aromatic carbocycles. The number of nitro benzene ring substituents is 1. The largest absolute Gasteiger partial charge is 0.497 e. The maximum Gasteiger partial charge on any atom is 0.272 e. The van der Waals surface area contributed by atoms with E-state index in [-0.39, 0.29) is 10.6 Å². The van der Waals surface area contributed by atoms with Gasteiger partial charge in [-0.1, -0.05) is 12.1 Å². The third kappa shape index (κ3) is 3.26. The fraction of sp³-hybridized carbons (Fsp3) is 0.200. The lowest BCUT2D eigenvalue weighted by molar-refractivity contribution is -0.385. The van der Waals surface area contributed by atoms with Gasteiger partial charge in [-0.3, -0.25) is 10.1 Å². The molecule has 0 aromatic heterocycles. The van der Waals surface area contributed by atoms with Gasteiger partial charge in [0.2, 0.25) is 0 Å². The molecular formula is C15H16N2O3. The first-order valence-corrected chi connectivity index (χ1v) is 6.22. The monoisotopic (exact) mass is 272 g/mol. The Balaban J connectivity index is 2.07. The fourth-order valence-electron chi connectivity index (χ4n) is 1.96. The Morgan fingerprint density at radius 1 is 1.25 bits per heavy atom. The lowest BCUT2D eigenvalue weighted by Gasteiger charge is -2.08. The average Bonchev–Trinajstić information content (AvgIpc) is 2.45. The Hall–Kier alpha value is -2.56. The van der Waals surface area contributed by atoms with Crippen LogP contribution in [0.25, 0.3) is 0 Å².